The van der Waals surface area contributed by atoms with Crippen LogP contribution in [0.5, 0.6) is 0 Å². The molecule has 0 atom stereocenters. The normalized spacial score (nSPS) is 14.9. The Bertz CT molecular complexity index is 996. The molecule has 1 aliphatic rings. The second-order valence-corrected chi connectivity index (χ2v) is 7.35. The molecule has 152 valence electrons. The standard InChI is InChI=1S/C23H25FN4.HI/c1-25-22(28-16-23(12-13-23)19-9-2-3-10-20(19)24)27-15-11-18-7-4-6-17-8-5-14-26-21(17)18;/h2-10,14H,11-13,15-16H2,1H3,(H2,25,27,28);1H. The van der Waals surface area contributed by atoms with Crippen LogP contribution in [0, 0.1) is 5.82 Å². The Balaban J connectivity index is 0.00000240. The fourth-order valence-electron chi connectivity index (χ4n) is 3.74. The summed E-state index contributed by atoms with van der Waals surface area (Å²) < 4.78 is 14.2. The lowest BCUT2D eigenvalue weighted by molar-refractivity contribution is 0.560. The van der Waals surface area contributed by atoms with Crippen molar-refractivity contribution >= 4 is 40.8 Å². The van der Waals surface area contributed by atoms with Crippen LogP contribution in [0.25, 0.3) is 10.9 Å². The van der Waals surface area contributed by atoms with Crippen molar-refractivity contribution in [3.8, 4) is 0 Å². The number of hydrogen-bond donors (Lipinski definition) is 2. The number of pyridine rings is 1. The average molecular weight is 504 g/mol. The molecule has 1 heterocycles. The second-order valence-electron chi connectivity index (χ2n) is 7.35. The monoisotopic (exact) mass is 504 g/mol. The van der Waals surface area contributed by atoms with Crippen molar-refractivity contribution in [1.29, 1.82) is 0 Å². The Labute approximate surface area is 188 Å². The van der Waals surface area contributed by atoms with Crippen LogP contribution < -0.4 is 10.6 Å². The number of benzene rings is 2. The zero-order chi connectivity index (χ0) is 19.4. The summed E-state index contributed by atoms with van der Waals surface area (Å²) >= 11 is 0. The third kappa shape index (κ3) is 4.86. The predicted molar refractivity (Wildman–Crippen MR) is 128 cm³/mol. The van der Waals surface area contributed by atoms with Gasteiger partial charge in [0.1, 0.15) is 5.82 Å². The van der Waals surface area contributed by atoms with Crippen LogP contribution in [-0.2, 0) is 11.8 Å². The molecule has 6 heteroatoms. The molecule has 0 saturated heterocycles. The molecule has 1 aromatic heterocycles. The predicted octanol–water partition coefficient (Wildman–Crippen LogP) is 4.43. The molecule has 0 amide bonds. The number of aliphatic imine (C=N–C) groups is 1. The van der Waals surface area contributed by atoms with Crippen LogP contribution in [-0.4, -0.2) is 31.1 Å². The number of hydrogen-bond acceptors (Lipinski definition) is 2. The maximum atomic E-state index is 14.2. The van der Waals surface area contributed by atoms with Gasteiger partial charge in [-0.25, -0.2) is 4.39 Å². The average Bonchev–Trinajstić information content (AvgIpc) is 3.52. The largest absolute Gasteiger partial charge is 0.356 e. The first-order valence-electron chi connectivity index (χ1n) is 9.74. The van der Waals surface area contributed by atoms with Gasteiger partial charge in [-0.3, -0.25) is 9.98 Å². The molecule has 29 heavy (non-hydrogen) atoms. The summed E-state index contributed by atoms with van der Waals surface area (Å²) in [6.45, 7) is 1.44. The molecule has 4 nitrogen and oxygen atoms in total. The number of nitrogens with one attached hydrogen (secondary N) is 2. The minimum Gasteiger partial charge on any atom is -0.356 e. The maximum Gasteiger partial charge on any atom is 0.191 e. The molecule has 1 fully saturated rings. The Morgan fingerprint density at radius 3 is 2.62 bits per heavy atom. The van der Waals surface area contributed by atoms with Crippen LogP contribution in [0.3, 0.4) is 0 Å². The molecule has 0 aliphatic heterocycles. The fourth-order valence-corrected chi connectivity index (χ4v) is 3.74. The van der Waals surface area contributed by atoms with Gasteiger partial charge in [-0.05, 0) is 42.5 Å². The van der Waals surface area contributed by atoms with Gasteiger partial charge in [0.15, 0.2) is 5.96 Å². The summed E-state index contributed by atoms with van der Waals surface area (Å²) in [5.74, 6) is 0.629. The van der Waals surface area contributed by atoms with Crippen LogP contribution in [0.1, 0.15) is 24.0 Å². The molecule has 0 spiro atoms. The summed E-state index contributed by atoms with van der Waals surface area (Å²) in [4.78, 5) is 8.82. The lowest BCUT2D eigenvalue weighted by Crippen LogP contribution is -2.42. The highest BCUT2D eigenvalue weighted by Crippen LogP contribution is 2.48. The van der Waals surface area contributed by atoms with Gasteiger partial charge in [0.2, 0.25) is 0 Å². The van der Waals surface area contributed by atoms with Crippen LogP contribution in [0.15, 0.2) is 65.8 Å². The van der Waals surface area contributed by atoms with Gasteiger partial charge in [0, 0.05) is 37.1 Å². The van der Waals surface area contributed by atoms with E-state index in [1.807, 2.05) is 24.4 Å². The van der Waals surface area contributed by atoms with Gasteiger partial charge in [0.25, 0.3) is 0 Å². The summed E-state index contributed by atoms with van der Waals surface area (Å²) in [5, 5.41) is 7.90. The van der Waals surface area contributed by atoms with Crippen LogP contribution >= 0.6 is 24.0 Å². The summed E-state index contributed by atoms with van der Waals surface area (Å²) in [5.41, 5.74) is 2.96. The van der Waals surface area contributed by atoms with Crippen LogP contribution in [0.2, 0.25) is 0 Å². The smallest absolute Gasteiger partial charge is 0.191 e. The highest BCUT2D eigenvalue weighted by atomic mass is 127. The van der Waals surface area contributed by atoms with Gasteiger partial charge >= 0.3 is 0 Å². The zero-order valence-corrected chi connectivity index (χ0v) is 18.8. The Morgan fingerprint density at radius 2 is 1.86 bits per heavy atom. The molecule has 2 N–H and O–H groups in total. The quantitative estimate of drug-likeness (QED) is 0.297. The number of guanidine groups is 1. The van der Waals surface area contributed by atoms with E-state index in [4.69, 9.17) is 0 Å². The highest BCUT2D eigenvalue weighted by Gasteiger charge is 2.45. The molecule has 3 aromatic rings. The van der Waals surface area contributed by atoms with E-state index in [9.17, 15) is 4.39 Å². The van der Waals surface area contributed by atoms with Crippen molar-refractivity contribution < 1.29 is 4.39 Å². The van der Waals surface area contributed by atoms with Gasteiger partial charge in [0.05, 0.1) is 5.52 Å². The topological polar surface area (TPSA) is 49.3 Å². The Hall–Kier alpha value is -2.22. The molecule has 0 bridgehead atoms. The SMILES string of the molecule is CN=C(NCCc1cccc2cccnc12)NCC1(c2ccccc2F)CC1.I. The van der Waals surface area contributed by atoms with Crippen molar-refractivity contribution in [2.24, 2.45) is 4.99 Å². The zero-order valence-electron chi connectivity index (χ0n) is 16.5. The van der Waals surface area contributed by atoms with Crippen molar-refractivity contribution in [3.63, 3.8) is 0 Å². The molecular weight excluding hydrogens is 478 g/mol. The summed E-state index contributed by atoms with van der Waals surface area (Å²) in [6, 6.07) is 17.4. The Morgan fingerprint density at radius 1 is 1.07 bits per heavy atom. The minimum absolute atomic E-state index is 0. The first-order valence-corrected chi connectivity index (χ1v) is 9.74. The van der Waals surface area contributed by atoms with Crippen LogP contribution in [0.4, 0.5) is 4.39 Å². The third-order valence-electron chi connectivity index (χ3n) is 5.52. The van der Waals surface area contributed by atoms with E-state index in [1.165, 1.54) is 5.56 Å². The van der Waals surface area contributed by atoms with E-state index in [0.717, 1.165) is 48.2 Å². The molecule has 2 aromatic carbocycles. The first-order chi connectivity index (χ1) is 13.7. The number of aromatic nitrogens is 1. The van der Waals surface area contributed by atoms with E-state index >= 15 is 0 Å². The van der Waals surface area contributed by atoms with E-state index < -0.39 is 0 Å². The maximum absolute atomic E-state index is 14.2. The van der Waals surface area contributed by atoms with Crippen molar-refractivity contribution in [1.82, 2.24) is 15.6 Å². The minimum atomic E-state index is -0.117. The van der Waals surface area contributed by atoms with E-state index in [0.29, 0.717) is 6.54 Å². The van der Waals surface area contributed by atoms with Gasteiger partial charge in [-0.2, -0.15) is 0 Å². The van der Waals surface area contributed by atoms with E-state index in [-0.39, 0.29) is 35.2 Å². The third-order valence-corrected chi connectivity index (χ3v) is 5.52. The fraction of sp³-hybridized carbons (Fsp3) is 0.304. The molecule has 4 rings (SSSR count). The van der Waals surface area contributed by atoms with Crippen molar-refractivity contribution in [3.05, 3.63) is 77.7 Å². The Kier molecular flexibility index (Phi) is 7.05. The number of nitrogens with zero attached hydrogens (tertiary/aromatic N) is 2. The number of halogens is 2. The summed E-state index contributed by atoms with van der Waals surface area (Å²) in [7, 11) is 1.76. The lowest BCUT2D eigenvalue weighted by atomic mass is 9.95. The summed E-state index contributed by atoms with van der Waals surface area (Å²) in [6.07, 6.45) is 4.68. The second kappa shape index (κ2) is 9.52. The highest BCUT2D eigenvalue weighted by molar-refractivity contribution is 14.0. The molecule has 0 radical (unpaired) electrons. The van der Waals surface area contributed by atoms with E-state index in [1.54, 1.807) is 19.2 Å². The van der Waals surface area contributed by atoms with Crippen molar-refractivity contribution in [2.75, 3.05) is 20.1 Å². The number of para-hydroxylation sites is 1. The first kappa shape index (κ1) is 21.5. The van der Waals surface area contributed by atoms with Gasteiger partial charge in [-0.15, -0.1) is 24.0 Å². The molecule has 1 saturated carbocycles. The van der Waals surface area contributed by atoms with Crippen molar-refractivity contribution in [2.45, 2.75) is 24.7 Å². The lowest BCUT2D eigenvalue weighted by Gasteiger charge is -2.19. The number of rotatable bonds is 6. The number of fused-ring (bicyclic) bond motifs is 1. The van der Waals surface area contributed by atoms with Gasteiger partial charge in [-0.1, -0.05) is 42.5 Å². The molecule has 1 aliphatic carbocycles. The van der Waals surface area contributed by atoms with E-state index in [2.05, 4.69) is 44.9 Å². The molecule has 0 unspecified atom stereocenters. The molecular formula is C23H26FIN4. The van der Waals surface area contributed by atoms with Gasteiger partial charge < -0.3 is 10.6 Å².